The molecule has 0 amide bonds. The zero-order valence-corrected chi connectivity index (χ0v) is 19.4. The molecule has 2 aromatic carbocycles. The van der Waals surface area contributed by atoms with Crippen LogP contribution in [-0.2, 0) is 0 Å². The van der Waals surface area contributed by atoms with Crippen LogP contribution in [0.25, 0.3) is 5.76 Å². The number of hydrogen-bond donors (Lipinski definition) is 1. The van der Waals surface area contributed by atoms with Gasteiger partial charge in [0.15, 0.2) is 17.3 Å². The Labute approximate surface area is 207 Å². The summed E-state index contributed by atoms with van der Waals surface area (Å²) in [6.45, 7) is 0. The van der Waals surface area contributed by atoms with E-state index in [2.05, 4.69) is 4.98 Å². The van der Waals surface area contributed by atoms with Crippen LogP contribution < -0.4 is 0 Å². The van der Waals surface area contributed by atoms with E-state index in [9.17, 15) is 19.5 Å². The molecule has 3 aromatic rings. The Morgan fingerprint density at radius 1 is 0.758 bits per heavy atom. The number of rotatable bonds is 3. The molecule has 2 aliphatic rings. The second-order valence-corrected chi connectivity index (χ2v) is 9.28. The third-order valence-corrected chi connectivity index (χ3v) is 7.31. The van der Waals surface area contributed by atoms with Crippen molar-refractivity contribution in [3.8, 4) is 0 Å². The molecule has 0 fully saturated rings. The van der Waals surface area contributed by atoms with Crippen LogP contribution in [0.4, 0.5) is 0 Å². The van der Waals surface area contributed by atoms with Crippen LogP contribution in [0.15, 0.2) is 54.2 Å². The summed E-state index contributed by atoms with van der Waals surface area (Å²) in [5, 5.41) is 11.6. The summed E-state index contributed by atoms with van der Waals surface area (Å²) in [5.41, 5.74) is 0.655. The van der Waals surface area contributed by atoms with Crippen molar-refractivity contribution in [1.29, 1.82) is 0 Å². The molecule has 0 saturated heterocycles. The minimum Gasteiger partial charge on any atom is -0.507 e. The molecule has 1 atom stereocenters. The lowest BCUT2D eigenvalue weighted by Crippen LogP contribution is -2.28. The van der Waals surface area contributed by atoms with Gasteiger partial charge in [-0.3, -0.25) is 19.4 Å². The largest absolute Gasteiger partial charge is 0.507 e. The van der Waals surface area contributed by atoms with Gasteiger partial charge in [-0.05, 0) is 36.4 Å². The molecule has 1 heterocycles. The minimum atomic E-state index is -1.34. The van der Waals surface area contributed by atoms with Crippen LogP contribution in [0.1, 0.15) is 48.2 Å². The maximum Gasteiger partial charge on any atom is 0.194 e. The number of halogens is 4. The van der Waals surface area contributed by atoms with Gasteiger partial charge in [-0.2, -0.15) is 0 Å². The summed E-state index contributed by atoms with van der Waals surface area (Å²) < 4.78 is 0. The first kappa shape index (κ1) is 22.1. The van der Waals surface area contributed by atoms with Crippen LogP contribution >= 0.6 is 46.4 Å². The Bertz CT molecular complexity index is 1390. The molecule has 9 heteroatoms. The summed E-state index contributed by atoms with van der Waals surface area (Å²) in [7, 11) is 0. The first-order valence-corrected chi connectivity index (χ1v) is 11.2. The van der Waals surface area contributed by atoms with E-state index in [0.717, 1.165) is 0 Å². The molecular weight excluding hydrogens is 508 g/mol. The van der Waals surface area contributed by atoms with Gasteiger partial charge in [-0.15, -0.1) is 0 Å². The number of fused-ring (bicyclic) bond motifs is 2. The monoisotopic (exact) mass is 517 g/mol. The molecule has 0 aliphatic heterocycles. The summed E-state index contributed by atoms with van der Waals surface area (Å²) >= 11 is 24.3. The molecule has 1 aromatic heterocycles. The predicted octanol–water partition coefficient (Wildman–Crippen LogP) is 6.64. The zero-order valence-electron chi connectivity index (χ0n) is 16.4. The molecule has 0 saturated carbocycles. The number of aliphatic hydroxyl groups excluding tert-OH is 1. The van der Waals surface area contributed by atoms with E-state index in [1.54, 1.807) is 18.2 Å². The maximum atomic E-state index is 13.4. The molecular formula is C24H11Cl4NO4. The molecule has 5 nitrogen and oxygen atoms in total. The molecule has 0 spiro atoms. The van der Waals surface area contributed by atoms with Gasteiger partial charge in [0.2, 0.25) is 0 Å². The van der Waals surface area contributed by atoms with Crippen molar-refractivity contribution in [1.82, 2.24) is 4.98 Å². The van der Waals surface area contributed by atoms with E-state index in [-0.39, 0.29) is 59.4 Å². The van der Waals surface area contributed by atoms with E-state index in [1.807, 2.05) is 0 Å². The molecule has 33 heavy (non-hydrogen) atoms. The number of benzene rings is 2. The SMILES string of the molecule is O=C1C(C(c2ccccn2)C2C(=O)c3cc(Cl)c(Cl)cc3C2=O)=C(O)c2cc(Cl)c(Cl)cc21. The number of pyridine rings is 1. The van der Waals surface area contributed by atoms with Crippen molar-refractivity contribution in [3.63, 3.8) is 0 Å². The Hall–Kier alpha value is -2.70. The van der Waals surface area contributed by atoms with Gasteiger partial charge in [-0.25, -0.2) is 0 Å². The first-order valence-electron chi connectivity index (χ1n) is 9.66. The fourth-order valence-corrected chi connectivity index (χ4v) is 5.03. The van der Waals surface area contributed by atoms with Gasteiger partial charge in [0.05, 0.1) is 37.5 Å². The summed E-state index contributed by atoms with van der Waals surface area (Å²) in [6.07, 6.45) is 1.48. The Balaban J connectivity index is 1.72. The van der Waals surface area contributed by atoms with E-state index < -0.39 is 29.2 Å². The second-order valence-electron chi connectivity index (χ2n) is 7.65. The fraction of sp³-hybridized carbons (Fsp3) is 0.0833. The lowest BCUT2D eigenvalue weighted by molar-refractivity contribution is 0.0820. The summed E-state index contributed by atoms with van der Waals surface area (Å²) in [6, 6.07) is 10.3. The topological polar surface area (TPSA) is 84.3 Å². The standard InChI is InChI=1S/C24H11Cl4NO4/c25-13-5-9-10(6-14(13)26)22(31)19(21(9)30)18(17-3-1-2-4-29-17)20-23(32)11-7-15(27)16(28)8-12(11)24(20)33/h1-8,18-19,32H. The normalized spacial score (nSPS) is 16.4. The highest BCUT2D eigenvalue weighted by Gasteiger charge is 2.50. The number of aliphatic hydroxyl groups is 1. The number of Topliss-reactive ketones (excluding diaryl/α,β-unsaturated/α-hetero) is 3. The molecule has 5 rings (SSSR count). The Morgan fingerprint density at radius 3 is 1.79 bits per heavy atom. The van der Waals surface area contributed by atoms with Gasteiger partial charge in [-0.1, -0.05) is 52.5 Å². The van der Waals surface area contributed by atoms with Crippen LogP contribution in [-0.4, -0.2) is 27.4 Å². The van der Waals surface area contributed by atoms with E-state index in [0.29, 0.717) is 0 Å². The van der Waals surface area contributed by atoms with Crippen LogP contribution in [0.3, 0.4) is 0 Å². The fourth-order valence-electron chi connectivity index (χ4n) is 4.37. The average molecular weight is 519 g/mol. The molecule has 1 N–H and O–H groups in total. The lowest BCUT2D eigenvalue weighted by atomic mass is 9.78. The van der Waals surface area contributed by atoms with Crippen molar-refractivity contribution in [2.24, 2.45) is 5.92 Å². The Kier molecular flexibility index (Phi) is 5.33. The van der Waals surface area contributed by atoms with Crippen molar-refractivity contribution in [2.75, 3.05) is 0 Å². The average Bonchev–Trinajstić information content (AvgIpc) is 3.16. The van der Waals surface area contributed by atoms with Gasteiger partial charge in [0, 0.05) is 34.1 Å². The number of ketones is 3. The number of hydrogen-bond acceptors (Lipinski definition) is 5. The molecule has 1 unspecified atom stereocenters. The highest BCUT2D eigenvalue weighted by Crippen LogP contribution is 2.48. The van der Waals surface area contributed by atoms with E-state index in [4.69, 9.17) is 46.4 Å². The predicted molar refractivity (Wildman–Crippen MR) is 126 cm³/mol. The van der Waals surface area contributed by atoms with Crippen LogP contribution in [0, 0.1) is 5.92 Å². The van der Waals surface area contributed by atoms with Crippen molar-refractivity contribution < 1.29 is 19.5 Å². The summed E-state index contributed by atoms with van der Waals surface area (Å²) in [5.74, 6) is -4.52. The first-order chi connectivity index (χ1) is 15.7. The van der Waals surface area contributed by atoms with E-state index >= 15 is 0 Å². The van der Waals surface area contributed by atoms with Crippen LogP contribution in [0.5, 0.6) is 0 Å². The maximum absolute atomic E-state index is 13.4. The molecule has 0 radical (unpaired) electrons. The smallest absolute Gasteiger partial charge is 0.194 e. The third-order valence-electron chi connectivity index (χ3n) is 5.87. The number of aromatic nitrogens is 1. The van der Waals surface area contributed by atoms with Crippen LogP contribution in [0.2, 0.25) is 20.1 Å². The van der Waals surface area contributed by atoms with Gasteiger partial charge >= 0.3 is 0 Å². The van der Waals surface area contributed by atoms with Crippen molar-refractivity contribution in [2.45, 2.75) is 5.92 Å². The number of carbonyl (C=O) groups is 3. The second kappa shape index (κ2) is 7.96. The van der Waals surface area contributed by atoms with E-state index in [1.165, 1.54) is 30.5 Å². The summed E-state index contributed by atoms with van der Waals surface area (Å²) in [4.78, 5) is 44.6. The highest BCUT2D eigenvalue weighted by atomic mass is 35.5. The quantitative estimate of drug-likeness (QED) is 0.393. The van der Waals surface area contributed by atoms with Gasteiger partial charge < -0.3 is 5.11 Å². The minimum absolute atomic E-state index is 0.106. The van der Waals surface area contributed by atoms with Crippen molar-refractivity contribution in [3.05, 3.63) is 102 Å². The van der Waals surface area contributed by atoms with Crippen molar-refractivity contribution >= 4 is 69.5 Å². The number of carbonyl (C=O) groups excluding carboxylic acids is 3. The Morgan fingerprint density at radius 2 is 1.27 bits per heavy atom. The van der Waals surface area contributed by atoms with Gasteiger partial charge in [0.25, 0.3) is 0 Å². The third kappa shape index (κ3) is 3.30. The highest BCUT2D eigenvalue weighted by molar-refractivity contribution is 6.44. The lowest BCUT2D eigenvalue weighted by Gasteiger charge is -2.22. The molecule has 0 bridgehead atoms. The number of allylic oxidation sites excluding steroid dienone is 1. The zero-order chi connectivity index (χ0) is 23.6. The molecule has 2 aliphatic carbocycles. The number of nitrogens with zero attached hydrogens (tertiary/aromatic N) is 1. The van der Waals surface area contributed by atoms with Gasteiger partial charge in [0.1, 0.15) is 5.76 Å². The molecule has 164 valence electrons.